The molecule has 140 valence electrons. The molecule has 1 N–H and O–H groups in total. The first-order valence-electron chi connectivity index (χ1n) is 9.19. The molecule has 3 amide bonds. The molecule has 2 fully saturated rings. The van der Waals surface area contributed by atoms with Crippen LogP contribution in [0.3, 0.4) is 0 Å². The number of ether oxygens (including phenoxy) is 1. The van der Waals surface area contributed by atoms with Crippen LogP contribution >= 0.6 is 0 Å². The van der Waals surface area contributed by atoms with Gasteiger partial charge in [-0.1, -0.05) is 18.2 Å². The number of hydrogen-bond acceptors (Lipinski definition) is 3. The van der Waals surface area contributed by atoms with Crippen LogP contribution in [0.4, 0.5) is 10.5 Å². The van der Waals surface area contributed by atoms with Crippen LogP contribution in [0.1, 0.15) is 33.9 Å². The van der Waals surface area contributed by atoms with Crippen molar-refractivity contribution in [2.24, 2.45) is 0 Å². The fourth-order valence-corrected chi connectivity index (χ4v) is 3.73. The molecule has 2 aliphatic heterocycles. The zero-order valence-corrected chi connectivity index (χ0v) is 15.6. The number of carbonyl (C=O) groups is 2. The maximum atomic E-state index is 13.1. The number of likely N-dealkylation sites (tertiary alicyclic amines) is 1. The number of aryl methyl sites for hydroxylation is 1. The summed E-state index contributed by atoms with van der Waals surface area (Å²) >= 11 is 0. The Labute approximate surface area is 158 Å². The third-order valence-corrected chi connectivity index (χ3v) is 5.36. The van der Waals surface area contributed by atoms with Gasteiger partial charge in [-0.25, -0.2) is 4.79 Å². The smallest absolute Gasteiger partial charge is 0.322 e. The number of benzene rings is 2. The molecule has 2 saturated heterocycles. The van der Waals surface area contributed by atoms with E-state index < -0.39 is 0 Å². The van der Waals surface area contributed by atoms with Gasteiger partial charge in [0.05, 0.1) is 13.2 Å². The van der Waals surface area contributed by atoms with Gasteiger partial charge in [0, 0.05) is 30.9 Å². The summed E-state index contributed by atoms with van der Waals surface area (Å²) in [5.41, 5.74) is 3.48. The highest BCUT2D eigenvalue weighted by molar-refractivity contribution is 5.99. The van der Waals surface area contributed by atoms with Crippen LogP contribution in [0.2, 0.25) is 0 Å². The molecule has 27 heavy (non-hydrogen) atoms. The van der Waals surface area contributed by atoms with E-state index in [0.29, 0.717) is 18.7 Å². The molecule has 6 heteroatoms. The Morgan fingerprint density at radius 3 is 2.70 bits per heavy atom. The van der Waals surface area contributed by atoms with Gasteiger partial charge >= 0.3 is 6.03 Å². The Morgan fingerprint density at radius 2 is 2.04 bits per heavy atom. The van der Waals surface area contributed by atoms with E-state index in [1.54, 1.807) is 12.0 Å². The predicted octanol–water partition coefficient (Wildman–Crippen LogP) is 3.12. The van der Waals surface area contributed by atoms with Crippen LogP contribution in [0.25, 0.3) is 0 Å². The first-order chi connectivity index (χ1) is 13.1. The minimum atomic E-state index is -0.110. The molecule has 4 rings (SSSR count). The van der Waals surface area contributed by atoms with Crippen LogP contribution in [0.15, 0.2) is 42.5 Å². The molecule has 6 nitrogen and oxygen atoms in total. The summed E-state index contributed by atoms with van der Waals surface area (Å²) in [6.07, 6.45) is 0.937. The van der Waals surface area contributed by atoms with Gasteiger partial charge in [-0.2, -0.15) is 0 Å². The van der Waals surface area contributed by atoms with E-state index in [-0.39, 0.29) is 18.0 Å². The second kappa shape index (κ2) is 6.95. The molecule has 2 aliphatic rings. The fourth-order valence-electron chi connectivity index (χ4n) is 3.73. The van der Waals surface area contributed by atoms with Crippen LogP contribution in [-0.2, 0) is 0 Å². The van der Waals surface area contributed by atoms with Crippen LogP contribution in [-0.4, -0.2) is 43.6 Å². The topological polar surface area (TPSA) is 61.9 Å². The Hall–Kier alpha value is -3.02. The van der Waals surface area contributed by atoms with Crippen molar-refractivity contribution in [3.8, 4) is 5.75 Å². The van der Waals surface area contributed by atoms with Crippen LogP contribution < -0.4 is 15.0 Å². The Kier molecular flexibility index (Phi) is 4.48. The average molecular weight is 365 g/mol. The number of carbonyl (C=O) groups excluding carboxylic acids is 2. The van der Waals surface area contributed by atoms with Gasteiger partial charge < -0.3 is 15.0 Å². The maximum Gasteiger partial charge on any atom is 0.322 e. The van der Waals surface area contributed by atoms with Crippen LogP contribution in [0.5, 0.6) is 5.75 Å². The first-order valence-corrected chi connectivity index (χ1v) is 9.19. The summed E-state index contributed by atoms with van der Waals surface area (Å²) in [4.78, 5) is 28.7. The van der Waals surface area contributed by atoms with E-state index in [1.807, 2.05) is 54.3 Å². The molecule has 0 aromatic heterocycles. The third kappa shape index (κ3) is 3.12. The van der Waals surface area contributed by atoms with E-state index in [4.69, 9.17) is 4.74 Å². The number of nitrogens with one attached hydrogen (secondary N) is 1. The van der Waals surface area contributed by atoms with Crippen LogP contribution in [0, 0.1) is 6.92 Å². The fraction of sp³-hybridized carbons (Fsp3) is 0.333. The minimum Gasteiger partial charge on any atom is -0.497 e. The molecule has 0 radical (unpaired) electrons. The molecular formula is C21H23N3O3. The highest BCUT2D eigenvalue weighted by Gasteiger charge is 2.34. The molecule has 2 aromatic carbocycles. The number of amides is 3. The van der Waals surface area contributed by atoms with E-state index >= 15 is 0 Å². The molecule has 0 spiro atoms. The summed E-state index contributed by atoms with van der Waals surface area (Å²) < 4.78 is 5.30. The predicted molar refractivity (Wildman–Crippen MR) is 103 cm³/mol. The number of anilines is 1. The van der Waals surface area contributed by atoms with Crippen molar-refractivity contribution in [3.05, 3.63) is 59.2 Å². The van der Waals surface area contributed by atoms with Crippen molar-refractivity contribution in [1.29, 1.82) is 0 Å². The third-order valence-electron chi connectivity index (χ3n) is 5.36. The Bertz CT molecular complexity index is 896. The largest absolute Gasteiger partial charge is 0.497 e. The van der Waals surface area contributed by atoms with Gasteiger partial charge in [-0.05, 0) is 48.7 Å². The average Bonchev–Trinajstić information content (AvgIpc) is 3.07. The van der Waals surface area contributed by atoms with Crippen molar-refractivity contribution in [1.82, 2.24) is 10.2 Å². The second-order valence-electron chi connectivity index (χ2n) is 6.96. The van der Waals surface area contributed by atoms with Gasteiger partial charge in [0.25, 0.3) is 5.91 Å². The monoisotopic (exact) mass is 365 g/mol. The van der Waals surface area contributed by atoms with Gasteiger partial charge in [0.1, 0.15) is 5.75 Å². The Balaban J connectivity index is 1.58. The van der Waals surface area contributed by atoms with E-state index in [1.165, 1.54) is 0 Å². The summed E-state index contributed by atoms with van der Waals surface area (Å²) in [5, 5.41) is 2.81. The second-order valence-corrected chi connectivity index (χ2v) is 6.96. The maximum absolute atomic E-state index is 13.1. The lowest BCUT2D eigenvalue weighted by Gasteiger charge is -2.41. The zero-order valence-electron chi connectivity index (χ0n) is 15.6. The molecule has 2 heterocycles. The molecule has 0 bridgehead atoms. The van der Waals surface area contributed by atoms with E-state index in [0.717, 1.165) is 35.5 Å². The lowest BCUT2D eigenvalue weighted by molar-refractivity contribution is 0.0460. The van der Waals surface area contributed by atoms with Crippen molar-refractivity contribution < 1.29 is 14.3 Å². The van der Waals surface area contributed by atoms with E-state index in [9.17, 15) is 9.59 Å². The lowest BCUT2D eigenvalue weighted by atomic mass is 9.93. The lowest BCUT2D eigenvalue weighted by Crippen LogP contribution is -2.45. The summed E-state index contributed by atoms with van der Waals surface area (Å²) in [6, 6.07) is 13.4. The highest BCUT2D eigenvalue weighted by Crippen LogP contribution is 2.36. The van der Waals surface area contributed by atoms with Gasteiger partial charge in [-0.15, -0.1) is 0 Å². The summed E-state index contributed by atoms with van der Waals surface area (Å²) in [7, 11) is 1.64. The van der Waals surface area contributed by atoms with E-state index in [2.05, 4.69) is 5.32 Å². The normalized spacial score (nSPS) is 18.9. The zero-order chi connectivity index (χ0) is 19.0. The highest BCUT2D eigenvalue weighted by atomic mass is 16.5. The standard InChI is InChI=1S/C21H23N3O3/c1-14-6-7-16(13-19(14)24-11-9-22-21(24)26)20(25)23-10-8-18(23)15-4-3-5-17(12-15)27-2/h3-7,12-13,18H,8-11H2,1-2H3,(H,22,26). The van der Waals surface area contributed by atoms with Crippen molar-refractivity contribution in [3.63, 3.8) is 0 Å². The van der Waals surface area contributed by atoms with Gasteiger partial charge in [0.15, 0.2) is 0 Å². The first kappa shape index (κ1) is 17.4. The number of nitrogens with zero attached hydrogens (tertiary/aromatic N) is 2. The SMILES string of the molecule is COc1cccc(C2CCN2C(=O)c2ccc(C)c(N3CCNC3=O)c2)c1. The van der Waals surface area contributed by atoms with Gasteiger partial charge in [-0.3, -0.25) is 9.69 Å². The van der Waals surface area contributed by atoms with Crippen molar-refractivity contribution >= 4 is 17.6 Å². The molecule has 0 aliphatic carbocycles. The molecule has 2 aromatic rings. The molecule has 1 atom stereocenters. The van der Waals surface area contributed by atoms with Gasteiger partial charge in [0.2, 0.25) is 0 Å². The number of hydrogen-bond donors (Lipinski definition) is 1. The summed E-state index contributed by atoms with van der Waals surface area (Å²) in [5.74, 6) is 0.791. The number of urea groups is 1. The number of methoxy groups -OCH3 is 1. The Morgan fingerprint density at radius 1 is 1.19 bits per heavy atom. The summed E-state index contributed by atoms with van der Waals surface area (Å²) in [6.45, 7) is 3.93. The minimum absolute atomic E-state index is 0.00470. The number of rotatable bonds is 4. The van der Waals surface area contributed by atoms with Crippen molar-refractivity contribution in [2.75, 3.05) is 31.6 Å². The molecule has 1 unspecified atom stereocenters. The van der Waals surface area contributed by atoms with Crippen molar-refractivity contribution in [2.45, 2.75) is 19.4 Å². The molecule has 0 saturated carbocycles. The molecular weight excluding hydrogens is 342 g/mol. The quantitative estimate of drug-likeness (QED) is 0.906.